The number of rotatable bonds is 3. The molecule has 5 nitrogen and oxygen atoms in total. The van der Waals surface area contributed by atoms with Gasteiger partial charge in [-0.1, -0.05) is 12.1 Å². The molecule has 3 rings (SSSR count). The van der Waals surface area contributed by atoms with Crippen molar-refractivity contribution in [3.05, 3.63) is 87.3 Å². The van der Waals surface area contributed by atoms with Crippen molar-refractivity contribution in [2.75, 3.05) is 5.32 Å². The number of carbonyl (C=O) groups excluding carboxylic acids is 1. The normalized spacial score (nSPS) is 12.5. The van der Waals surface area contributed by atoms with E-state index in [2.05, 4.69) is 5.10 Å². The summed E-state index contributed by atoms with van der Waals surface area (Å²) in [5, 5.41) is 5.10. The Morgan fingerprint density at radius 3 is 1.88 bits per heavy atom. The van der Waals surface area contributed by atoms with Crippen LogP contribution < -0.4 is 10.9 Å². The molecule has 1 aromatic heterocycles. The molecule has 1 N–H and O–H groups in total. The number of hydrogen-bond donors (Lipinski definition) is 1. The van der Waals surface area contributed by atoms with E-state index in [4.69, 9.17) is 0 Å². The lowest BCUT2D eigenvalue weighted by molar-refractivity contribution is -0.138. The molecule has 0 unspecified atom stereocenters. The number of nitrogens with one attached hydrogen (secondary N) is 1. The van der Waals surface area contributed by atoms with Gasteiger partial charge in [-0.2, -0.15) is 49.3 Å². The standard InChI is InChI=1S/C20H10F9N3O2/c21-18(22,23)10-3-1-5-12(7-10)30-17(34)16-14(20(27,28)29)9-15(33)32(31-16)13-6-2-4-11(8-13)19(24,25)26/h1-9H,(H,30,34). The van der Waals surface area contributed by atoms with E-state index in [0.717, 1.165) is 24.3 Å². The highest BCUT2D eigenvalue weighted by Crippen LogP contribution is 2.33. The van der Waals surface area contributed by atoms with E-state index in [1.165, 1.54) is 0 Å². The molecule has 180 valence electrons. The Kier molecular flexibility index (Phi) is 6.20. The SMILES string of the molecule is O=C(Nc1cccc(C(F)(F)F)c1)c1nn(-c2cccc(C(F)(F)F)c2)c(=O)cc1C(F)(F)F. The first-order chi connectivity index (χ1) is 15.6. The van der Waals surface area contributed by atoms with E-state index in [1.807, 2.05) is 5.32 Å². The summed E-state index contributed by atoms with van der Waals surface area (Å²) >= 11 is 0. The maximum atomic E-state index is 13.4. The minimum Gasteiger partial charge on any atom is -0.321 e. The topological polar surface area (TPSA) is 64.0 Å². The Morgan fingerprint density at radius 1 is 0.765 bits per heavy atom. The van der Waals surface area contributed by atoms with Crippen LogP contribution in [0.5, 0.6) is 0 Å². The molecule has 0 atom stereocenters. The maximum Gasteiger partial charge on any atom is 0.418 e. The fraction of sp³-hybridized carbons (Fsp3) is 0.150. The Bertz CT molecular complexity index is 1290. The van der Waals surface area contributed by atoms with Gasteiger partial charge in [-0.25, -0.2) is 0 Å². The molecule has 0 aliphatic carbocycles. The van der Waals surface area contributed by atoms with Crippen LogP contribution in [0, 0.1) is 0 Å². The third-order valence-corrected chi connectivity index (χ3v) is 4.32. The van der Waals surface area contributed by atoms with Crippen molar-refractivity contribution in [2.24, 2.45) is 0 Å². The molecule has 34 heavy (non-hydrogen) atoms. The molecular formula is C20H10F9N3O2. The molecule has 0 aliphatic rings. The third-order valence-electron chi connectivity index (χ3n) is 4.32. The molecule has 0 saturated carbocycles. The smallest absolute Gasteiger partial charge is 0.321 e. The van der Waals surface area contributed by atoms with Gasteiger partial charge in [0.05, 0.1) is 22.4 Å². The van der Waals surface area contributed by atoms with Crippen molar-refractivity contribution >= 4 is 11.6 Å². The fourth-order valence-corrected chi connectivity index (χ4v) is 2.80. The second kappa shape index (κ2) is 8.50. The van der Waals surface area contributed by atoms with Crippen molar-refractivity contribution in [1.29, 1.82) is 0 Å². The van der Waals surface area contributed by atoms with Gasteiger partial charge in [0.15, 0.2) is 5.69 Å². The number of anilines is 1. The van der Waals surface area contributed by atoms with Crippen LogP contribution in [0.4, 0.5) is 45.2 Å². The molecule has 0 aliphatic heterocycles. The second-order valence-corrected chi connectivity index (χ2v) is 6.74. The van der Waals surface area contributed by atoms with E-state index >= 15 is 0 Å². The lowest BCUT2D eigenvalue weighted by Crippen LogP contribution is -2.30. The number of nitrogens with zero attached hydrogens (tertiary/aromatic N) is 2. The van der Waals surface area contributed by atoms with E-state index in [-0.39, 0.29) is 10.7 Å². The molecule has 1 heterocycles. The van der Waals surface area contributed by atoms with Gasteiger partial charge in [-0.05, 0) is 36.4 Å². The Labute approximate surface area is 183 Å². The average molecular weight is 495 g/mol. The van der Waals surface area contributed by atoms with Gasteiger partial charge in [0.1, 0.15) is 0 Å². The predicted molar refractivity (Wildman–Crippen MR) is 99.2 cm³/mol. The van der Waals surface area contributed by atoms with E-state index < -0.39 is 63.8 Å². The van der Waals surface area contributed by atoms with Crippen LogP contribution in [-0.2, 0) is 18.5 Å². The third kappa shape index (κ3) is 5.38. The Balaban J connectivity index is 2.11. The number of alkyl halides is 9. The summed E-state index contributed by atoms with van der Waals surface area (Å²) in [7, 11) is 0. The van der Waals surface area contributed by atoms with Gasteiger partial charge in [-0.15, -0.1) is 0 Å². The summed E-state index contributed by atoms with van der Waals surface area (Å²) in [6.45, 7) is 0. The van der Waals surface area contributed by atoms with Crippen LogP contribution >= 0.6 is 0 Å². The number of benzene rings is 2. The summed E-state index contributed by atoms with van der Waals surface area (Å²) in [4.78, 5) is 24.7. The van der Waals surface area contributed by atoms with Crippen molar-refractivity contribution in [3.8, 4) is 5.69 Å². The maximum absolute atomic E-state index is 13.4. The van der Waals surface area contributed by atoms with Crippen LogP contribution in [0.3, 0.4) is 0 Å². The van der Waals surface area contributed by atoms with Gasteiger partial charge in [0, 0.05) is 11.8 Å². The molecule has 0 spiro atoms. The molecule has 0 fully saturated rings. The fourth-order valence-electron chi connectivity index (χ4n) is 2.80. The zero-order valence-electron chi connectivity index (χ0n) is 16.3. The van der Waals surface area contributed by atoms with Crippen molar-refractivity contribution < 1.29 is 44.3 Å². The lowest BCUT2D eigenvalue weighted by Gasteiger charge is -2.15. The Hall–Kier alpha value is -3.84. The second-order valence-electron chi connectivity index (χ2n) is 6.74. The van der Waals surface area contributed by atoms with Gasteiger partial charge in [0.25, 0.3) is 11.5 Å². The van der Waals surface area contributed by atoms with Crippen molar-refractivity contribution in [1.82, 2.24) is 9.78 Å². The van der Waals surface area contributed by atoms with Crippen LogP contribution in [0.1, 0.15) is 27.2 Å². The molecule has 14 heteroatoms. The van der Waals surface area contributed by atoms with E-state index in [1.54, 1.807) is 0 Å². The zero-order chi connectivity index (χ0) is 25.5. The van der Waals surface area contributed by atoms with E-state index in [9.17, 15) is 49.1 Å². The van der Waals surface area contributed by atoms with Gasteiger partial charge >= 0.3 is 18.5 Å². The summed E-state index contributed by atoms with van der Waals surface area (Å²) in [5.41, 5.74) is -8.35. The number of carbonyl (C=O) groups is 1. The van der Waals surface area contributed by atoms with Crippen LogP contribution in [0.25, 0.3) is 5.69 Å². The molecule has 3 aromatic rings. The highest BCUT2D eigenvalue weighted by Gasteiger charge is 2.38. The van der Waals surface area contributed by atoms with Crippen LogP contribution in [0.2, 0.25) is 0 Å². The molecule has 0 bridgehead atoms. The average Bonchev–Trinajstić information content (AvgIpc) is 2.72. The first-order valence-electron chi connectivity index (χ1n) is 8.95. The van der Waals surface area contributed by atoms with Crippen LogP contribution in [-0.4, -0.2) is 15.7 Å². The number of amides is 1. The summed E-state index contributed by atoms with van der Waals surface area (Å²) in [6, 6.07) is 5.78. The van der Waals surface area contributed by atoms with Gasteiger partial charge < -0.3 is 5.32 Å². The highest BCUT2D eigenvalue weighted by molar-refractivity contribution is 6.04. The minimum atomic E-state index is -5.29. The molecule has 2 aromatic carbocycles. The zero-order valence-corrected chi connectivity index (χ0v) is 16.3. The summed E-state index contributed by atoms with van der Waals surface area (Å²) in [6.07, 6.45) is -15.0. The molecule has 0 saturated heterocycles. The highest BCUT2D eigenvalue weighted by atomic mass is 19.4. The summed E-state index contributed by atoms with van der Waals surface area (Å²) < 4.78 is 118. The van der Waals surface area contributed by atoms with Gasteiger partial charge in [-0.3, -0.25) is 9.59 Å². The first-order valence-corrected chi connectivity index (χ1v) is 8.95. The predicted octanol–water partition coefficient (Wildman–Crippen LogP) is 5.54. The molecular weight excluding hydrogens is 485 g/mol. The van der Waals surface area contributed by atoms with Crippen molar-refractivity contribution in [3.63, 3.8) is 0 Å². The number of hydrogen-bond acceptors (Lipinski definition) is 3. The Morgan fingerprint density at radius 2 is 1.32 bits per heavy atom. The quantitative estimate of drug-likeness (QED) is 0.486. The van der Waals surface area contributed by atoms with Crippen LogP contribution in [0.15, 0.2) is 59.4 Å². The minimum absolute atomic E-state index is 0.0473. The summed E-state index contributed by atoms with van der Waals surface area (Å²) in [5.74, 6) is -1.65. The monoisotopic (exact) mass is 495 g/mol. The molecule has 1 amide bonds. The largest absolute Gasteiger partial charge is 0.418 e. The van der Waals surface area contributed by atoms with Crippen molar-refractivity contribution in [2.45, 2.75) is 18.5 Å². The lowest BCUT2D eigenvalue weighted by atomic mass is 10.1. The van der Waals surface area contributed by atoms with Gasteiger partial charge in [0.2, 0.25) is 0 Å². The van der Waals surface area contributed by atoms with E-state index in [0.29, 0.717) is 24.3 Å². The number of aromatic nitrogens is 2. The molecule has 0 radical (unpaired) electrons. The first kappa shape index (κ1) is 24.8. The number of halogens is 9.